The van der Waals surface area contributed by atoms with Crippen molar-refractivity contribution in [3.63, 3.8) is 0 Å². The summed E-state index contributed by atoms with van der Waals surface area (Å²) < 4.78 is 11.2. The van der Waals surface area contributed by atoms with Gasteiger partial charge in [0, 0.05) is 16.2 Å². The van der Waals surface area contributed by atoms with E-state index in [0.29, 0.717) is 22.1 Å². The van der Waals surface area contributed by atoms with Crippen molar-refractivity contribution in [3.05, 3.63) is 51.7 Å². The molecule has 0 atom stereocenters. The summed E-state index contributed by atoms with van der Waals surface area (Å²) in [5.74, 6) is 0.877. The van der Waals surface area contributed by atoms with Crippen molar-refractivity contribution in [1.29, 1.82) is 0 Å². The van der Waals surface area contributed by atoms with Gasteiger partial charge in [0.05, 0.1) is 18.3 Å². The fourth-order valence-electron chi connectivity index (χ4n) is 1.54. The van der Waals surface area contributed by atoms with Gasteiger partial charge in [-0.1, -0.05) is 11.6 Å². The van der Waals surface area contributed by atoms with Crippen LogP contribution < -0.4 is 9.47 Å². The lowest BCUT2D eigenvalue weighted by Gasteiger charge is -2.07. The van der Waals surface area contributed by atoms with Crippen LogP contribution in [0.15, 0.2) is 41.1 Å². The number of methoxy groups -OCH3 is 1. The predicted octanol–water partition coefficient (Wildman–Crippen LogP) is 3.77. The van der Waals surface area contributed by atoms with Crippen LogP contribution >= 0.6 is 27.5 Å². The van der Waals surface area contributed by atoms with Gasteiger partial charge in [0.1, 0.15) is 11.5 Å². The van der Waals surface area contributed by atoms with Crippen molar-refractivity contribution in [2.24, 2.45) is 0 Å². The van der Waals surface area contributed by atoms with Crippen molar-refractivity contribution in [2.75, 3.05) is 13.7 Å². The number of nitrogens with zero attached hydrogens (tertiary/aromatic N) is 1. The van der Waals surface area contributed by atoms with E-state index in [0.717, 1.165) is 4.47 Å². The standard InChI is InChI=1S/C14H11BrClNO3/c1-19-14-3-2-9(4-12(14)16)13(18)8-20-11-5-10(15)6-17-7-11/h2-7H,8H2,1H3. The van der Waals surface area contributed by atoms with Gasteiger partial charge in [-0.3, -0.25) is 9.78 Å². The summed E-state index contributed by atoms with van der Waals surface area (Å²) in [7, 11) is 1.52. The summed E-state index contributed by atoms with van der Waals surface area (Å²) in [5.41, 5.74) is 0.471. The number of carbonyl (C=O) groups is 1. The normalized spacial score (nSPS) is 10.2. The maximum absolute atomic E-state index is 12.0. The van der Waals surface area contributed by atoms with Crippen LogP contribution in [0.3, 0.4) is 0 Å². The zero-order valence-corrected chi connectivity index (χ0v) is 12.9. The molecule has 0 radical (unpaired) electrons. The number of halogens is 2. The molecule has 2 aromatic rings. The lowest BCUT2D eigenvalue weighted by Crippen LogP contribution is -2.11. The molecular formula is C14H11BrClNO3. The average molecular weight is 357 g/mol. The Hall–Kier alpha value is -1.59. The number of rotatable bonds is 5. The second kappa shape index (κ2) is 6.72. The Balaban J connectivity index is 2.03. The highest BCUT2D eigenvalue weighted by Crippen LogP contribution is 2.25. The minimum atomic E-state index is -0.172. The first-order valence-electron chi connectivity index (χ1n) is 5.70. The molecule has 0 aliphatic heterocycles. The first-order chi connectivity index (χ1) is 9.60. The lowest BCUT2D eigenvalue weighted by molar-refractivity contribution is 0.0921. The Kier molecular flexibility index (Phi) is 4.98. The molecule has 20 heavy (non-hydrogen) atoms. The molecule has 0 aliphatic carbocycles. The summed E-state index contributed by atoms with van der Waals surface area (Å²) in [6.07, 6.45) is 3.18. The summed E-state index contributed by atoms with van der Waals surface area (Å²) >= 11 is 9.26. The van der Waals surface area contributed by atoms with E-state index in [-0.39, 0.29) is 12.4 Å². The predicted molar refractivity (Wildman–Crippen MR) is 79.8 cm³/mol. The van der Waals surface area contributed by atoms with Crippen LogP contribution in [0.1, 0.15) is 10.4 Å². The van der Waals surface area contributed by atoms with E-state index in [9.17, 15) is 4.79 Å². The maximum atomic E-state index is 12.0. The molecule has 0 aliphatic rings. The SMILES string of the molecule is COc1ccc(C(=O)COc2cncc(Br)c2)cc1Cl. The third kappa shape index (κ3) is 3.71. The molecule has 0 amide bonds. The van der Waals surface area contributed by atoms with Crippen LogP contribution in [0, 0.1) is 0 Å². The highest BCUT2D eigenvalue weighted by atomic mass is 79.9. The van der Waals surface area contributed by atoms with E-state index in [1.807, 2.05) is 0 Å². The van der Waals surface area contributed by atoms with Gasteiger partial charge in [-0.15, -0.1) is 0 Å². The number of carbonyl (C=O) groups excluding carboxylic acids is 1. The molecule has 0 saturated heterocycles. The zero-order chi connectivity index (χ0) is 14.5. The van der Waals surface area contributed by atoms with Crippen molar-refractivity contribution >= 4 is 33.3 Å². The number of ether oxygens (including phenoxy) is 2. The van der Waals surface area contributed by atoms with Crippen LogP contribution in [0.2, 0.25) is 5.02 Å². The van der Waals surface area contributed by atoms with Gasteiger partial charge in [-0.2, -0.15) is 0 Å². The zero-order valence-electron chi connectivity index (χ0n) is 10.6. The number of aromatic nitrogens is 1. The quantitative estimate of drug-likeness (QED) is 0.765. The molecule has 0 spiro atoms. The third-order valence-corrected chi connectivity index (χ3v) is 3.25. The molecule has 104 valence electrons. The van der Waals surface area contributed by atoms with Gasteiger partial charge in [0.2, 0.25) is 0 Å². The monoisotopic (exact) mass is 355 g/mol. The maximum Gasteiger partial charge on any atom is 0.200 e. The summed E-state index contributed by atoms with van der Waals surface area (Å²) in [5, 5.41) is 0.391. The Morgan fingerprint density at radius 3 is 2.80 bits per heavy atom. The fourth-order valence-corrected chi connectivity index (χ4v) is 2.14. The van der Waals surface area contributed by atoms with Crippen LogP contribution in [0.4, 0.5) is 0 Å². The van der Waals surface area contributed by atoms with Crippen LogP contribution in [-0.2, 0) is 0 Å². The van der Waals surface area contributed by atoms with Crippen molar-refractivity contribution in [1.82, 2.24) is 4.98 Å². The third-order valence-electron chi connectivity index (χ3n) is 2.52. The van der Waals surface area contributed by atoms with Gasteiger partial charge >= 0.3 is 0 Å². The Morgan fingerprint density at radius 2 is 2.15 bits per heavy atom. The van der Waals surface area contributed by atoms with E-state index >= 15 is 0 Å². The molecule has 1 aromatic heterocycles. The van der Waals surface area contributed by atoms with E-state index < -0.39 is 0 Å². The van der Waals surface area contributed by atoms with E-state index in [4.69, 9.17) is 21.1 Å². The van der Waals surface area contributed by atoms with E-state index in [1.54, 1.807) is 36.7 Å². The Bertz CT molecular complexity index is 634. The first-order valence-corrected chi connectivity index (χ1v) is 6.87. The molecule has 1 heterocycles. The number of ketones is 1. The largest absolute Gasteiger partial charge is 0.495 e. The molecule has 0 unspecified atom stereocenters. The van der Waals surface area contributed by atoms with E-state index in [1.165, 1.54) is 7.11 Å². The van der Waals surface area contributed by atoms with Gasteiger partial charge < -0.3 is 9.47 Å². The van der Waals surface area contributed by atoms with Gasteiger partial charge in [-0.05, 0) is 40.2 Å². The summed E-state index contributed by atoms with van der Waals surface area (Å²) in [6, 6.07) is 6.60. The van der Waals surface area contributed by atoms with Crippen molar-refractivity contribution in [3.8, 4) is 11.5 Å². The van der Waals surface area contributed by atoms with Gasteiger partial charge in [-0.25, -0.2) is 0 Å². The van der Waals surface area contributed by atoms with E-state index in [2.05, 4.69) is 20.9 Å². The lowest BCUT2D eigenvalue weighted by atomic mass is 10.1. The molecular weight excluding hydrogens is 346 g/mol. The van der Waals surface area contributed by atoms with Crippen LogP contribution in [0.25, 0.3) is 0 Å². The summed E-state index contributed by atoms with van der Waals surface area (Å²) in [4.78, 5) is 15.9. The van der Waals surface area contributed by atoms with Gasteiger partial charge in [0.25, 0.3) is 0 Å². The second-order valence-electron chi connectivity index (χ2n) is 3.90. The minimum absolute atomic E-state index is 0.0825. The Morgan fingerprint density at radius 1 is 1.35 bits per heavy atom. The molecule has 0 N–H and O–H groups in total. The highest BCUT2D eigenvalue weighted by molar-refractivity contribution is 9.10. The molecule has 6 heteroatoms. The summed E-state index contributed by atoms with van der Waals surface area (Å²) in [6.45, 7) is -0.0825. The van der Waals surface area contributed by atoms with Crippen LogP contribution in [0.5, 0.6) is 11.5 Å². The van der Waals surface area contributed by atoms with Crippen molar-refractivity contribution in [2.45, 2.75) is 0 Å². The second-order valence-corrected chi connectivity index (χ2v) is 5.22. The first kappa shape index (κ1) is 14.8. The Labute approximate surface area is 129 Å². The number of hydrogen-bond donors (Lipinski definition) is 0. The molecule has 2 rings (SSSR count). The van der Waals surface area contributed by atoms with Crippen molar-refractivity contribution < 1.29 is 14.3 Å². The molecule has 1 aromatic carbocycles. The number of hydrogen-bond acceptors (Lipinski definition) is 4. The topological polar surface area (TPSA) is 48.4 Å². The average Bonchev–Trinajstić information content (AvgIpc) is 2.44. The molecule has 0 saturated carbocycles. The molecule has 0 bridgehead atoms. The minimum Gasteiger partial charge on any atom is -0.495 e. The number of Topliss-reactive ketones (excluding diaryl/α,β-unsaturated/α-hetero) is 1. The van der Waals surface area contributed by atoms with Gasteiger partial charge in [0.15, 0.2) is 12.4 Å². The van der Waals surface area contributed by atoms with Crippen LogP contribution in [-0.4, -0.2) is 24.5 Å². The number of benzene rings is 1. The number of pyridine rings is 1. The molecule has 0 fully saturated rings. The fraction of sp³-hybridized carbons (Fsp3) is 0.143. The molecule has 4 nitrogen and oxygen atoms in total. The smallest absolute Gasteiger partial charge is 0.200 e. The highest BCUT2D eigenvalue weighted by Gasteiger charge is 2.10.